The van der Waals surface area contributed by atoms with Crippen LogP contribution in [0.25, 0.3) is 0 Å². The van der Waals surface area contributed by atoms with Gasteiger partial charge in [0.2, 0.25) is 0 Å². The van der Waals surface area contributed by atoms with Crippen molar-refractivity contribution in [2.75, 3.05) is 26.7 Å². The number of hydrogen-bond donors (Lipinski definition) is 0. The number of unbranched alkanes of at least 4 members (excludes halogenated alkanes) is 1. The Hall–Kier alpha value is -1.93. The molecule has 156 valence electrons. The molecular formula is C20H30N2O5S. The maximum Gasteiger partial charge on any atom is 0.426 e. The molecule has 1 heterocycles. The molecule has 1 amide bonds. The molecule has 2 rings (SSSR count). The Morgan fingerprint density at radius 3 is 2.71 bits per heavy atom. The van der Waals surface area contributed by atoms with E-state index in [1.807, 2.05) is 26.0 Å². The van der Waals surface area contributed by atoms with Crippen molar-refractivity contribution >= 4 is 24.2 Å². The van der Waals surface area contributed by atoms with Gasteiger partial charge in [0.1, 0.15) is 12.1 Å². The average Bonchev–Trinajstić information content (AvgIpc) is 2.94. The molecule has 0 saturated carbocycles. The fourth-order valence-electron chi connectivity index (χ4n) is 2.87. The van der Waals surface area contributed by atoms with Gasteiger partial charge in [-0.25, -0.2) is 13.4 Å². The van der Waals surface area contributed by atoms with Gasteiger partial charge in [-0.05, 0) is 33.3 Å². The van der Waals surface area contributed by atoms with Crippen molar-refractivity contribution in [3.8, 4) is 11.5 Å². The summed E-state index contributed by atoms with van der Waals surface area (Å²) < 4.78 is 19.7. The molecule has 28 heavy (non-hydrogen) atoms. The first-order valence-electron chi connectivity index (χ1n) is 9.60. The zero-order valence-electron chi connectivity index (χ0n) is 17.3. The second-order valence-corrected chi connectivity index (χ2v) is 8.48. The number of hydrogen-bond acceptors (Lipinski definition) is 7. The van der Waals surface area contributed by atoms with Crippen LogP contribution in [0, 0.1) is 0 Å². The minimum Gasteiger partial charge on any atom is -0.483 e. The normalized spacial score (nSPS) is 14.4. The van der Waals surface area contributed by atoms with Gasteiger partial charge in [0.15, 0.2) is 11.5 Å². The number of rotatable bonds is 9. The third-order valence-electron chi connectivity index (χ3n) is 4.12. The summed E-state index contributed by atoms with van der Waals surface area (Å²) in [6.07, 6.45) is 2.13. The van der Waals surface area contributed by atoms with Crippen molar-refractivity contribution in [1.82, 2.24) is 8.61 Å². The van der Waals surface area contributed by atoms with Crippen molar-refractivity contribution in [2.24, 2.45) is 0 Å². The number of para-hydroxylation sites is 1. The molecule has 0 bridgehead atoms. The Balaban J connectivity index is 2.00. The quantitative estimate of drug-likeness (QED) is 0.449. The topological polar surface area (TPSA) is 68.3 Å². The Kier molecular flexibility index (Phi) is 8.00. The molecule has 0 fully saturated rings. The van der Waals surface area contributed by atoms with E-state index < -0.39 is 6.09 Å². The first-order chi connectivity index (χ1) is 13.3. The van der Waals surface area contributed by atoms with Gasteiger partial charge in [-0.3, -0.25) is 4.79 Å². The highest BCUT2D eigenvalue weighted by Gasteiger charge is 2.33. The first kappa shape index (κ1) is 22.4. The molecular weight excluding hydrogens is 380 g/mol. The van der Waals surface area contributed by atoms with E-state index in [9.17, 15) is 9.59 Å². The van der Waals surface area contributed by atoms with Gasteiger partial charge in [0, 0.05) is 37.7 Å². The second-order valence-electron chi connectivity index (χ2n) is 7.25. The summed E-state index contributed by atoms with van der Waals surface area (Å²) in [5.74, 6) is 0.712. The van der Waals surface area contributed by atoms with Gasteiger partial charge >= 0.3 is 12.1 Å². The molecule has 0 N–H and O–H groups in total. The summed E-state index contributed by atoms with van der Waals surface area (Å²) in [5.41, 5.74) is 0.708. The highest BCUT2D eigenvalue weighted by atomic mass is 32.2. The third-order valence-corrected chi connectivity index (χ3v) is 5.06. The predicted octanol–water partition coefficient (Wildman–Crippen LogP) is 4.06. The zero-order chi connectivity index (χ0) is 20.7. The predicted molar refractivity (Wildman–Crippen MR) is 109 cm³/mol. The van der Waals surface area contributed by atoms with E-state index in [1.54, 1.807) is 24.3 Å². The fourth-order valence-corrected chi connectivity index (χ4v) is 3.69. The van der Waals surface area contributed by atoms with E-state index in [2.05, 4.69) is 6.92 Å². The van der Waals surface area contributed by atoms with Crippen LogP contribution in [-0.2, 0) is 16.0 Å². The summed E-state index contributed by atoms with van der Waals surface area (Å²) in [6.45, 7) is 8.95. The van der Waals surface area contributed by atoms with Gasteiger partial charge in [-0.1, -0.05) is 25.5 Å². The summed E-state index contributed by atoms with van der Waals surface area (Å²) >= 11 is 1.15. The van der Waals surface area contributed by atoms with E-state index in [0.717, 1.165) is 37.0 Å². The van der Waals surface area contributed by atoms with Gasteiger partial charge in [-0.15, -0.1) is 0 Å². The SMILES string of the molecule is CCCCN(CC(=O)OCC)SN(C)C(=O)Oc1cccc2c1OC(C)(C)C2. The fraction of sp³-hybridized carbons (Fsp3) is 0.600. The number of esters is 1. The molecule has 0 atom stereocenters. The molecule has 1 aromatic rings. The van der Waals surface area contributed by atoms with Crippen LogP contribution in [0.2, 0.25) is 0 Å². The summed E-state index contributed by atoms with van der Waals surface area (Å²) in [4.78, 5) is 24.4. The molecule has 0 unspecified atom stereocenters. The number of fused-ring (bicyclic) bond motifs is 1. The monoisotopic (exact) mass is 410 g/mol. The molecule has 0 saturated heterocycles. The molecule has 8 heteroatoms. The van der Waals surface area contributed by atoms with Gasteiger partial charge in [-0.2, -0.15) is 0 Å². The molecule has 0 aliphatic carbocycles. The first-order valence-corrected chi connectivity index (χ1v) is 10.3. The van der Waals surface area contributed by atoms with E-state index in [1.165, 1.54) is 4.31 Å². The molecule has 0 aromatic heterocycles. The van der Waals surface area contributed by atoms with Crippen molar-refractivity contribution in [1.29, 1.82) is 0 Å². The second kappa shape index (κ2) is 10.0. The van der Waals surface area contributed by atoms with Gasteiger partial charge in [0.25, 0.3) is 0 Å². The van der Waals surface area contributed by atoms with Crippen LogP contribution in [0.15, 0.2) is 18.2 Å². The van der Waals surface area contributed by atoms with Gasteiger partial charge in [0.05, 0.1) is 6.61 Å². The van der Waals surface area contributed by atoms with Crippen molar-refractivity contribution in [3.05, 3.63) is 23.8 Å². The van der Waals surface area contributed by atoms with Crippen molar-refractivity contribution in [3.63, 3.8) is 0 Å². The number of amides is 1. The van der Waals surface area contributed by atoms with Gasteiger partial charge < -0.3 is 14.2 Å². The average molecular weight is 411 g/mol. The third kappa shape index (κ3) is 6.31. The lowest BCUT2D eigenvalue weighted by molar-refractivity contribution is -0.143. The largest absolute Gasteiger partial charge is 0.483 e. The van der Waals surface area contributed by atoms with Crippen molar-refractivity contribution in [2.45, 2.75) is 52.6 Å². The smallest absolute Gasteiger partial charge is 0.426 e. The maximum absolute atomic E-state index is 12.6. The van der Waals surface area contributed by atoms with Crippen LogP contribution in [-0.4, -0.2) is 53.0 Å². The highest BCUT2D eigenvalue weighted by Crippen LogP contribution is 2.42. The maximum atomic E-state index is 12.6. The zero-order valence-corrected chi connectivity index (χ0v) is 18.1. The number of benzene rings is 1. The van der Waals surface area contributed by atoms with Crippen LogP contribution in [0.5, 0.6) is 11.5 Å². The molecule has 1 aliphatic rings. The lowest BCUT2D eigenvalue weighted by atomic mass is 10.0. The van der Waals surface area contributed by atoms with E-state index in [4.69, 9.17) is 14.2 Å². The summed E-state index contributed by atoms with van der Waals surface area (Å²) in [5, 5.41) is 0. The molecule has 0 spiro atoms. The molecule has 1 aromatic carbocycles. The summed E-state index contributed by atoms with van der Waals surface area (Å²) in [7, 11) is 1.62. The van der Waals surface area contributed by atoms with Crippen LogP contribution >= 0.6 is 12.1 Å². The number of carbonyl (C=O) groups is 2. The van der Waals surface area contributed by atoms with E-state index >= 15 is 0 Å². The molecule has 7 nitrogen and oxygen atoms in total. The molecule has 0 radical (unpaired) electrons. The summed E-state index contributed by atoms with van der Waals surface area (Å²) in [6, 6.07) is 5.56. The lowest BCUT2D eigenvalue weighted by Crippen LogP contribution is -2.33. The van der Waals surface area contributed by atoms with Crippen LogP contribution in [0.3, 0.4) is 0 Å². The lowest BCUT2D eigenvalue weighted by Gasteiger charge is -2.25. The number of carbonyl (C=O) groups excluding carboxylic acids is 2. The van der Waals surface area contributed by atoms with Crippen LogP contribution in [0.1, 0.15) is 46.1 Å². The minimum absolute atomic E-state index is 0.105. The van der Waals surface area contributed by atoms with Crippen LogP contribution < -0.4 is 9.47 Å². The Morgan fingerprint density at radius 1 is 1.29 bits per heavy atom. The molecule has 1 aliphatic heterocycles. The number of ether oxygens (including phenoxy) is 3. The van der Waals surface area contributed by atoms with Crippen molar-refractivity contribution < 1.29 is 23.8 Å². The van der Waals surface area contributed by atoms with E-state index in [0.29, 0.717) is 24.7 Å². The van der Waals surface area contributed by atoms with E-state index in [-0.39, 0.29) is 18.1 Å². The Morgan fingerprint density at radius 2 is 2.04 bits per heavy atom. The standard InChI is InChI=1S/C20H30N2O5S/c1-6-8-12-22(14-17(23)25-7-2)28-21(5)19(24)26-16-11-9-10-15-13-20(3,4)27-18(15)16/h9-11H,6-8,12-14H2,1-5H3. The van der Waals surface area contributed by atoms with Crippen LogP contribution in [0.4, 0.5) is 4.79 Å². The Labute approximate surface area is 171 Å². The minimum atomic E-state index is -0.530. The highest BCUT2D eigenvalue weighted by molar-refractivity contribution is 7.95. The number of nitrogens with zero attached hydrogens (tertiary/aromatic N) is 2. The Bertz CT molecular complexity index is 695.